The molecular weight excluding hydrogens is 234 g/mol. The van der Waals surface area contributed by atoms with E-state index >= 15 is 0 Å². The molecule has 0 aliphatic heterocycles. The second-order valence-electron chi connectivity index (χ2n) is 4.87. The molecule has 2 nitrogen and oxygen atoms in total. The zero-order chi connectivity index (χ0) is 13.7. The first-order valence-electron chi connectivity index (χ1n) is 7.14. The molecule has 0 spiro atoms. The Morgan fingerprint density at radius 2 is 1.79 bits per heavy atom. The molecule has 0 fully saturated rings. The number of hydrogen-bond donors (Lipinski definition) is 1. The standard InChI is InChI=1S/C17H23NO/c1-4-16(18-5-2)13(3)19-17-12-8-10-14-9-6-7-11-15(14)17/h6-13,16,18H,4-5H2,1-3H3. The van der Waals surface area contributed by atoms with E-state index in [9.17, 15) is 0 Å². The first-order chi connectivity index (χ1) is 9.26. The number of fused-ring (bicyclic) bond motifs is 1. The van der Waals surface area contributed by atoms with Gasteiger partial charge in [0.05, 0.1) is 0 Å². The van der Waals surface area contributed by atoms with Crippen LogP contribution in [-0.2, 0) is 0 Å². The third-order valence-corrected chi connectivity index (χ3v) is 3.54. The summed E-state index contributed by atoms with van der Waals surface area (Å²) in [5, 5.41) is 5.88. The van der Waals surface area contributed by atoms with Gasteiger partial charge in [-0.3, -0.25) is 0 Å². The summed E-state index contributed by atoms with van der Waals surface area (Å²) in [4.78, 5) is 0. The van der Waals surface area contributed by atoms with Crippen LogP contribution in [0, 0.1) is 0 Å². The molecule has 0 aliphatic carbocycles. The van der Waals surface area contributed by atoms with Gasteiger partial charge >= 0.3 is 0 Å². The number of nitrogens with one attached hydrogen (secondary N) is 1. The van der Waals surface area contributed by atoms with Crippen molar-refractivity contribution in [1.82, 2.24) is 5.32 Å². The maximum Gasteiger partial charge on any atom is 0.127 e. The number of ether oxygens (including phenoxy) is 1. The molecular formula is C17H23NO. The number of hydrogen-bond acceptors (Lipinski definition) is 2. The van der Waals surface area contributed by atoms with Crippen LogP contribution in [0.3, 0.4) is 0 Å². The number of benzene rings is 2. The van der Waals surface area contributed by atoms with Gasteiger partial charge in [-0.05, 0) is 31.3 Å². The molecule has 0 amide bonds. The molecule has 2 atom stereocenters. The van der Waals surface area contributed by atoms with Crippen molar-refractivity contribution in [2.45, 2.75) is 39.3 Å². The summed E-state index contributed by atoms with van der Waals surface area (Å²) in [6, 6.07) is 15.0. The van der Waals surface area contributed by atoms with E-state index in [0.29, 0.717) is 6.04 Å². The predicted molar refractivity (Wildman–Crippen MR) is 81.8 cm³/mol. The smallest absolute Gasteiger partial charge is 0.127 e. The first kappa shape index (κ1) is 13.9. The molecule has 0 aliphatic rings. The van der Waals surface area contributed by atoms with Crippen molar-refractivity contribution in [2.24, 2.45) is 0 Å². The molecule has 0 aromatic heterocycles. The SMILES string of the molecule is CCNC(CC)C(C)Oc1cccc2ccccc12. The monoisotopic (exact) mass is 257 g/mol. The summed E-state index contributed by atoms with van der Waals surface area (Å²) in [6.45, 7) is 7.43. The lowest BCUT2D eigenvalue weighted by molar-refractivity contribution is 0.170. The Morgan fingerprint density at radius 1 is 1.05 bits per heavy atom. The largest absolute Gasteiger partial charge is 0.488 e. The first-order valence-corrected chi connectivity index (χ1v) is 7.14. The van der Waals surface area contributed by atoms with E-state index < -0.39 is 0 Å². The predicted octanol–water partition coefficient (Wildman–Crippen LogP) is 4.00. The van der Waals surface area contributed by atoms with Crippen LogP contribution in [0.2, 0.25) is 0 Å². The van der Waals surface area contributed by atoms with Gasteiger partial charge in [0.2, 0.25) is 0 Å². The van der Waals surface area contributed by atoms with Gasteiger partial charge < -0.3 is 10.1 Å². The van der Waals surface area contributed by atoms with Crippen molar-refractivity contribution in [3.05, 3.63) is 42.5 Å². The van der Waals surface area contributed by atoms with E-state index in [0.717, 1.165) is 18.7 Å². The Kier molecular flexibility index (Phi) is 4.80. The van der Waals surface area contributed by atoms with E-state index in [1.165, 1.54) is 10.8 Å². The highest BCUT2D eigenvalue weighted by molar-refractivity contribution is 5.88. The van der Waals surface area contributed by atoms with Gasteiger partial charge in [-0.1, -0.05) is 50.2 Å². The fourth-order valence-electron chi connectivity index (χ4n) is 2.49. The molecule has 2 aromatic rings. The maximum absolute atomic E-state index is 6.17. The van der Waals surface area contributed by atoms with Crippen LogP contribution < -0.4 is 10.1 Å². The van der Waals surface area contributed by atoms with E-state index in [1.54, 1.807) is 0 Å². The Morgan fingerprint density at radius 3 is 2.53 bits per heavy atom. The van der Waals surface area contributed by atoms with Gasteiger partial charge in [0.1, 0.15) is 11.9 Å². The molecule has 102 valence electrons. The molecule has 0 bridgehead atoms. The van der Waals surface area contributed by atoms with E-state index in [2.05, 4.69) is 68.6 Å². The zero-order valence-electron chi connectivity index (χ0n) is 12.0. The second kappa shape index (κ2) is 6.58. The molecule has 2 heteroatoms. The average Bonchev–Trinajstić information content (AvgIpc) is 2.45. The molecule has 0 heterocycles. The highest BCUT2D eigenvalue weighted by atomic mass is 16.5. The fraction of sp³-hybridized carbons (Fsp3) is 0.412. The van der Waals surface area contributed by atoms with E-state index in [-0.39, 0.29) is 6.10 Å². The Hall–Kier alpha value is -1.54. The van der Waals surface area contributed by atoms with Gasteiger partial charge in [-0.25, -0.2) is 0 Å². The van der Waals surface area contributed by atoms with Crippen molar-refractivity contribution in [2.75, 3.05) is 6.54 Å². The summed E-state index contributed by atoms with van der Waals surface area (Å²) in [5.74, 6) is 0.974. The van der Waals surface area contributed by atoms with Crippen LogP contribution in [0.25, 0.3) is 10.8 Å². The summed E-state index contributed by atoms with van der Waals surface area (Å²) >= 11 is 0. The third-order valence-electron chi connectivity index (χ3n) is 3.54. The lowest BCUT2D eigenvalue weighted by Crippen LogP contribution is -2.40. The Bertz CT molecular complexity index is 518. The molecule has 0 saturated carbocycles. The lowest BCUT2D eigenvalue weighted by atomic mass is 10.1. The molecule has 19 heavy (non-hydrogen) atoms. The Labute approximate surface area is 115 Å². The number of likely N-dealkylation sites (N-methyl/N-ethyl adjacent to an activating group) is 1. The second-order valence-corrected chi connectivity index (χ2v) is 4.87. The van der Waals surface area contributed by atoms with E-state index in [1.807, 2.05) is 0 Å². The summed E-state index contributed by atoms with van der Waals surface area (Å²) in [5.41, 5.74) is 0. The molecule has 0 saturated heterocycles. The van der Waals surface area contributed by atoms with Gasteiger partial charge in [-0.15, -0.1) is 0 Å². The fourth-order valence-corrected chi connectivity index (χ4v) is 2.49. The van der Waals surface area contributed by atoms with Crippen LogP contribution in [0.4, 0.5) is 0 Å². The minimum atomic E-state index is 0.163. The molecule has 0 radical (unpaired) electrons. The molecule has 2 rings (SSSR count). The van der Waals surface area contributed by atoms with Gasteiger partial charge in [0.15, 0.2) is 0 Å². The third kappa shape index (κ3) is 3.27. The van der Waals surface area contributed by atoms with Crippen molar-refractivity contribution in [1.29, 1.82) is 0 Å². The average molecular weight is 257 g/mol. The lowest BCUT2D eigenvalue weighted by Gasteiger charge is -2.25. The summed E-state index contributed by atoms with van der Waals surface area (Å²) in [7, 11) is 0. The topological polar surface area (TPSA) is 21.3 Å². The summed E-state index contributed by atoms with van der Waals surface area (Å²) < 4.78 is 6.17. The van der Waals surface area contributed by atoms with Gasteiger partial charge in [0.25, 0.3) is 0 Å². The minimum absolute atomic E-state index is 0.163. The minimum Gasteiger partial charge on any atom is -0.488 e. The van der Waals surface area contributed by atoms with Crippen LogP contribution >= 0.6 is 0 Å². The van der Waals surface area contributed by atoms with Crippen LogP contribution in [0.5, 0.6) is 5.75 Å². The maximum atomic E-state index is 6.17. The quantitative estimate of drug-likeness (QED) is 0.844. The van der Waals surface area contributed by atoms with Gasteiger partial charge in [0, 0.05) is 11.4 Å². The molecule has 2 unspecified atom stereocenters. The van der Waals surface area contributed by atoms with Crippen LogP contribution in [-0.4, -0.2) is 18.7 Å². The summed E-state index contributed by atoms with van der Waals surface area (Å²) in [6.07, 6.45) is 1.23. The molecule has 2 aromatic carbocycles. The van der Waals surface area contributed by atoms with Crippen LogP contribution in [0.1, 0.15) is 27.2 Å². The zero-order valence-corrected chi connectivity index (χ0v) is 12.0. The van der Waals surface area contributed by atoms with Crippen molar-refractivity contribution in [3.63, 3.8) is 0 Å². The van der Waals surface area contributed by atoms with Gasteiger partial charge in [-0.2, -0.15) is 0 Å². The highest BCUT2D eigenvalue weighted by Gasteiger charge is 2.16. The van der Waals surface area contributed by atoms with Crippen molar-refractivity contribution >= 4 is 10.8 Å². The van der Waals surface area contributed by atoms with Crippen molar-refractivity contribution < 1.29 is 4.74 Å². The molecule has 1 N–H and O–H groups in total. The van der Waals surface area contributed by atoms with E-state index in [4.69, 9.17) is 4.74 Å². The van der Waals surface area contributed by atoms with Crippen molar-refractivity contribution in [3.8, 4) is 5.75 Å². The van der Waals surface area contributed by atoms with Crippen LogP contribution in [0.15, 0.2) is 42.5 Å². The number of rotatable bonds is 6. The highest BCUT2D eigenvalue weighted by Crippen LogP contribution is 2.26. The Balaban J connectivity index is 2.21. The normalized spacial score (nSPS) is 14.3.